The van der Waals surface area contributed by atoms with Gasteiger partial charge in [-0.3, -0.25) is 4.79 Å². The number of nitrogens with zero attached hydrogens (tertiary/aromatic N) is 4. The summed E-state index contributed by atoms with van der Waals surface area (Å²) in [6.45, 7) is 5.45. The summed E-state index contributed by atoms with van der Waals surface area (Å²) in [5.41, 5.74) is 0.481. The van der Waals surface area contributed by atoms with Crippen molar-refractivity contribution < 1.29 is 4.79 Å². The van der Waals surface area contributed by atoms with Gasteiger partial charge in [0, 0.05) is 32.7 Å². The van der Waals surface area contributed by atoms with Crippen molar-refractivity contribution >= 4 is 52.1 Å². The number of anilines is 2. The second-order valence-electron chi connectivity index (χ2n) is 5.32. The first-order chi connectivity index (χ1) is 11.6. The minimum Gasteiger partial charge on any atom is -0.369 e. The molecule has 0 saturated carbocycles. The number of nitrogens with one attached hydrogen (secondary N) is 1. The minimum atomic E-state index is -0.0728. The van der Waals surface area contributed by atoms with Gasteiger partial charge in [0.2, 0.25) is 0 Å². The summed E-state index contributed by atoms with van der Waals surface area (Å²) in [7, 11) is 0. The number of hydrogen-bond acceptors (Lipinski definition) is 6. The lowest BCUT2D eigenvalue weighted by molar-refractivity contribution is 0.0747. The maximum Gasteiger partial charge on any atom is 0.256 e. The Labute approximate surface area is 154 Å². The Kier molecular flexibility index (Phi) is 5.43. The van der Waals surface area contributed by atoms with Gasteiger partial charge in [-0.15, -0.1) is 21.5 Å². The Hall–Kier alpha value is -1.57. The highest BCUT2D eigenvalue weighted by molar-refractivity contribution is 7.20. The Morgan fingerprint density at radius 2 is 2.00 bits per heavy atom. The Bertz CT molecular complexity index is 713. The molecule has 9 heteroatoms. The van der Waals surface area contributed by atoms with Crippen LogP contribution in [0.5, 0.6) is 0 Å². The zero-order valence-electron chi connectivity index (χ0n) is 13.1. The first-order valence-corrected chi connectivity index (χ1v) is 9.22. The molecule has 3 heterocycles. The van der Waals surface area contributed by atoms with Crippen LogP contribution in [0.2, 0.25) is 8.67 Å². The zero-order chi connectivity index (χ0) is 17.1. The van der Waals surface area contributed by atoms with E-state index < -0.39 is 0 Å². The fourth-order valence-electron chi connectivity index (χ4n) is 2.56. The van der Waals surface area contributed by atoms with Gasteiger partial charge in [0.15, 0.2) is 5.82 Å². The molecule has 2 aromatic heterocycles. The summed E-state index contributed by atoms with van der Waals surface area (Å²) < 4.78 is 0.968. The van der Waals surface area contributed by atoms with Crippen LogP contribution in [0.15, 0.2) is 18.2 Å². The largest absolute Gasteiger partial charge is 0.369 e. The van der Waals surface area contributed by atoms with Gasteiger partial charge < -0.3 is 15.1 Å². The van der Waals surface area contributed by atoms with E-state index in [9.17, 15) is 4.79 Å². The second-order valence-corrected chi connectivity index (χ2v) is 7.61. The van der Waals surface area contributed by atoms with E-state index in [1.165, 1.54) is 11.3 Å². The number of aromatic nitrogens is 2. The maximum absolute atomic E-state index is 12.5. The quantitative estimate of drug-likeness (QED) is 0.874. The fraction of sp³-hybridized carbons (Fsp3) is 0.400. The number of thiophene rings is 1. The van der Waals surface area contributed by atoms with Crippen LogP contribution >= 0.6 is 34.5 Å². The molecule has 6 nitrogen and oxygen atoms in total. The average molecular weight is 386 g/mol. The molecular formula is C15H17Cl2N5OS. The van der Waals surface area contributed by atoms with Crippen molar-refractivity contribution in [2.24, 2.45) is 0 Å². The standard InChI is InChI=1S/C15H17Cl2N5OS/c1-2-18-12-3-4-13(20-19-12)21-5-7-22(8-6-21)15(23)10-9-11(16)24-14(10)17/h3-4,9H,2,5-8H2,1H3,(H,18,19). The topological polar surface area (TPSA) is 61.4 Å². The van der Waals surface area contributed by atoms with Crippen molar-refractivity contribution in [3.63, 3.8) is 0 Å². The molecule has 1 aliphatic heterocycles. The van der Waals surface area contributed by atoms with E-state index in [4.69, 9.17) is 23.2 Å². The SMILES string of the molecule is CCNc1ccc(N2CCN(C(=O)c3cc(Cl)sc3Cl)CC2)nn1. The van der Waals surface area contributed by atoms with Crippen molar-refractivity contribution in [2.75, 3.05) is 42.9 Å². The molecule has 3 rings (SSSR count). The number of amides is 1. The molecule has 2 aromatic rings. The molecule has 1 amide bonds. The lowest BCUT2D eigenvalue weighted by atomic mass is 10.2. The number of hydrogen-bond donors (Lipinski definition) is 1. The lowest BCUT2D eigenvalue weighted by Crippen LogP contribution is -2.49. The van der Waals surface area contributed by atoms with E-state index in [0.29, 0.717) is 40.4 Å². The van der Waals surface area contributed by atoms with Crippen molar-refractivity contribution in [3.05, 3.63) is 32.4 Å². The highest BCUT2D eigenvalue weighted by Crippen LogP contribution is 2.32. The molecule has 24 heavy (non-hydrogen) atoms. The van der Waals surface area contributed by atoms with E-state index in [-0.39, 0.29) is 5.91 Å². The summed E-state index contributed by atoms with van der Waals surface area (Å²) in [6, 6.07) is 5.49. The molecule has 0 unspecified atom stereocenters. The van der Waals surface area contributed by atoms with Crippen LogP contribution in [0.3, 0.4) is 0 Å². The molecule has 0 aromatic carbocycles. The minimum absolute atomic E-state index is 0.0728. The first-order valence-electron chi connectivity index (χ1n) is 7.65. The predicted octanol–water partition coefficient (Wildman–Crippen LogP) is 3.24. The average Bonchev–Trinajstić information content (AvgIpc) is 2.94. The number of carbonyl (C=O) groups is 1. The normalized spacial score (nSPS) is 14.8. The number of rotatable bonds is 4. The highest BCUT2D eigenvalue weighted by atomic mass is 35.5. The molecule has 1 saturated heterocycles. The highest BCUT2D eigenvalue weighted by Gasteiger charge is 2.25. The van der Waals surface area contributed by atoms with Gasteiger partial charge >= 0.3 is 0 Å². The van der Waals surface area contributed by atoms with Crippen molar-refractivity contribution in [2.45, 2.75) is 6.92 Å². The van der Waals surface area contributed by atoms with Gasteiger partial charge in [0.05, 0.1) is 9.90 Å². The zero-order valence-corrected chi connectivity index (χ0v) is 15.5. The number of piperazine rings is 1. The van der Waals surface area contributed by atoms with Crippen LogP contribution in [0.25, 0.3) is 0 Å². The van der Waals surface area contributed by atoms with Crippen LogP contribution in [0.4, 0.5) is 11.6 Å². The molecular weight excluding hydrogens is 369 g/mol. The van der Waals surface area contributed by atoms with Crippen molar-refractivity contribution in [1.82, 2.24) is 15.1 Å². The second kappa shape index (κ2) is 7.55. The fourth-order valence-corrected chi connectivity index (χ4v) is 4.01. The van der Waals surface area contributed by atoms with Gasteiger partial charge in [-0.2, -0.15) is 0 Å². The van der Waals surface area contributed by atoms with E-state index >= 15 is 0 Å². The van der Waals surface area contributed by atoms with E-state index in [0.717, 1.165) is 18.2 Å². The van der Waals surface area contributed by atoms with Crippen LogP contribution in [-0.2, 0) is 0 Å². The monoisotopic (exact) mass is 385 g/mol. The summed E-state index contributed by atoms with van der Waals surface area (Å²) in [4.78, 5) is 16.4. The molecule has 0 aliphatic carbocycles. The van der Waals surface area contributed by atoms with Gasteiger partial charge in [-0.05, 0) is 25.1 Å². The third-order valence-electron chi connectivity index (χ3n) is 3.79. The summed E-state index contributed by atoms with van der Waals surface area (Å²) in [5.74, 6) is 1.51. The first kappa shape index (κ1) is 17.3. The molecule has 1 fully saturated rings. The van der Waals surface area contributed by atoms with Crippen LogP contribution in [0.1, 0.15) is 17.3 Å². The summed E-state index contributed by atoms with van der Waals surface area (Å²) in [5, 5.41) is 11.5. The Morgan fingerprint density at radius 1 is 1.25 bits per heavy atom. The summed E-state index contributed by atoms with van der Waals surface area (Å²) in [6.07, 6.45) is 0. The van der Waals surface area contributed by atoms with Gasteiger partial charge in [-0.25, -0.2) is 0 Å². The van der Waals surface area contributed by atoms with Gasteiger partial charge in [0.25, 0.3) is 5.91 Å². The molecule has 0 bridgehead atoms. The molecule has 0 spiro atoms. The maximum atomic E-state index is 12.5. The number of carbonyl (C=O) groups excluding carboxylic acids is 1. The van der Waals surface area contributed by atoms with E-state index in [1.54, 1.807) is 11.0 Å². The van der Waals surface area contributed by atoms with Gasteiger partial charge in [0.1, 0.15) is 10.2 Å². The predicted molar refractivity (Wildman–Crippen MR) is 98.7 cm³/mol. The molecule has 1 aliphatic rings. The third kappa shape index (κ3) is 3.74. The van der Waals surface area contributed by atoms with Crippen LogP contribution < -0.4 is 10.2 Å². The molecule has 0 radical (unpaired) electrons. The third-order valence-corrected chi connectivity index (χ3v) is 5.27. The summed E-state index contributed by atoms with van der Waals surface area (Å²) >= 11 is 13.2. The Balaban J connectivity index is 1.61. The van der Waals surface area contributed by atoms with Crippen LogP contribution in [-0.4, -0.2) is 53.7 Å². The van der Waals surface area contributed by atoms with Crippen LogP contribution in [0, 0.1) is 0 Å². The smallest absolute Gasteiger partial charge is 0.256 e. The van der Waals surface area contributed by atoms with E-state index in [1.807, 2.05) is 19.1 Å². The molecule has 0 atom stereocenters. The van der Waals surface area contributed by atoms with Crippen molar-refractivity contribution in [1.29, 1.82) is 0 Å². The van der Waals surface area contributed by atoms with Crippen molar-refractivity contribution in [3.8, 4) is 0 Å². The number of halogens is 2. The lowest BCUT2D eigenvalue weighted by Gasteiger charge is -2.35. The molecule has 128 valence electrons. The Morgan fingerprint density at radius 3 is 2.54 bits per heavy atom. The van der Waals surface area contributed by atoms with Gasteiger partial charge in [-0.1, -0.05) is 23.2 Å². The molecule has 1 N–H and O–H groups in total. The van der Waals surface area contributed by atoms with E-state index in [2.05, 4.69) is 20.4 Å².